The SMILES string of the molecule is COC(=O)c1scc(-c2ccc(CC(C)C)cc2)c1N. The summed E-state index contributed by atoms with van der Waals surface area (Å²) < 4.78 is 4.72. The van der Waals surface area contributed by atoms with Crippen LogP contribution in [0, 0.1) is 5.92 Å². The standard InChI is InChI=1S/C16H19NO2S/c1-10(2)8-11-4-6-12(7-5-11)13-9-20-15(14(13)17)16(18)19-3/h4-7,9-10H,8,17H2,1-3H3. The summed E-state index contributed by atoms with van der Waals surface area (Å²) in [7, 11) is 1.36. The third kappa shape index (κ3) is 3.02. The molecule has 0 amide bonds. The van der Waals surface area contributed by atoms with Crippen LogP contribution in [0.1, 0.15) is 29.1 Å². The van der Waals surface area contributed by atoms with Crippen LogP contribution >= 0.6 is 11.3 Å². The molecule has 2 rings (SSSR count). The van der Waals surface area contributed by atoms with Crippen LogP contribution in [-0.4, -0.2) is 13.1 Å². The van der Waals surface area contributed by atoms with E-state index in [1.807, 2.05) is 5.38 Å². The number of carbonyl (C=O) groups is 1. The summed E-state index contributed by atoms with van der Waals surface area (Å²) in [5, 5.41) is 1.90. The van der Waals surface area contributed by atoms with Crippen molar-refractivity contribution >= 4 is 23.0 Å². The minimum Gasteiger partial charge on any atom is -0.465 e. The molecule has 4 heteroatoms. The second-order valence-electron chi connectivity index (χ2n) is 5.18. The smallest absolute Gasteiger partial charge is 0.350 e. The highest BCUT2D eigenvalue weighted by Gasteiger charge is 2.16. The summed E-state index contributed by atoms with van der Waals surface area (Å²) in [5.41, 5.74) is 9.77. The van der Waals surface area contributed by atoms with Gasteiger partial charge in [0.05, 0.1) is 12.8 Å². The molecule has 0 atom stereocenters. The summed E-state index contributed by atoms with van der Waals surface area (Å²) in [5.74, 6) is 0.258. The number of carbonyl (C=O) groups excluding carboxylic acids is 1. The van der Waals surface area contributed by atoms with Crippen molar-refractivity contribution in [3.8, 4) is 11.1 Å². The Bertz CT molecular complexity index is 599. The number of benzene rings is 1. The zero-order valence-electron chi connectivity index (χ0n) is 12.0. The Kier molecular flexibility index (Phi) is 4.45. The molecule has 0 unspecified atom stereocenters. The Labute approximate surface area is 123 Å². The van der Waals surface area contributed by atoms with Crippen LogP contribution < -0.4 is 5.73 Å². The fraction of sp³-hybridized carbons (Fsp3) is 0.312. The Morgan fingerprint density at radius 1 is 1.30 bits per heavy atom. The van der Waals surface area contributed by atoms with Crippen LogP contribution in [0.2, 0.25) is 0 Å². The van der Waals surface area contributed by atoms with E-state index in [-0.39, 0.29) is 5.97 Å². The highest BCUT2D eigenvalue weighted by Crippen LogP contribution is 2.34. The predicted octanol–water partition coefficient (Wildman–Crippen LogP) is 3.98. The summed E-state index contributed by atoms with van der Waals surface area (Å²) in [6.45, 7) is 4.40. The van der Waals surface area contributed by atoms with Gasteiger partial charge < -0.3 is 10.5 Å². The molecule has 1 heterocycles. The van der Waals surface area contributed by atoms with E-state index >= 15 is 0 Å². The highest BCUT2D eigenvalue weighted by molar-refractivity contribution is 7.13. The number of rotatable bonds is 4. The third-order valence-corrected chi connectivity index (χ3v) is 4.08. The van der Waals surface area contributed by atoms with Gasteiger partial charge in [0.2, 0.25) is 0 Å². The molecule has 20 heavy (non-hydrogen) atoms. The van der Waals surface area contributed by atoms with Crippen molar-refractivity contribution in [3.05, 3.63) is 40.1 Å². The molecule has 0 fully saturated rings. The van der Waals surface area contributed by atoms with Gasteiger partial charge in [-0.2, -0.15) is 0 Å². The lowest BCUT2D eigenvalue weighted by Crippen LogP contribution is -2.02. The van der Waals surface area contributed by atoms with Crippen LogP contribution in [0.25, 0.3) is 11.1 Å². The Morgan fingerprint density at radius 3 is 2.50 bits per heavy atom. The third-order valence-electron chi connectivity index (χ3n) is 3.11. The number of thiophene rings is 1. The normalized spacial score (nSPS) is 10.8. The first-order valence-electron chi connectivity index (χ1n) is 6.57. The van der Waals surface area contributed by atoms with Crippen molar-refractivity contribution in [3.63, 3.8) is 0 Å². The van der Waals surface area contributed by atoms with Gasteiger partial charge in [0, 0.05) is 10.9 Å². The van der Waals surface area contributed by atoms with E-state index in [1.165, 1.54) is 24.0 Å². The lowest BCUT2D eigenvalue weighted by Gasteiger charge is -2.06. The number of ether oxygens (including phenoxy) is 1. The maximum absolute atomic E-state index is 11.6. The second-order valence-corrected chi connectivity index (χ2v) is 6.06. The summed E-state index contributed by atoms with van der Waals surface area (Å²) >= 11 is 1.32. The van der Waals surface area contributed by atoms with Crippen LogP contribution in [0.3, 0.4) is 0 Å². The number of nitrogen functional groups attached to an aromatic ring is 1. The summed E-state index contributed by atoms with van der Waals surface area (Å²) in [6.07, 6.45) is 1.06. The monoisotopic (exact) mass is 289 g/mol. The molecule has 0 radical (unpaired) electrons. The summed E-state index contributed by atoms with van der Waals surface area (Å²) in [6, 6.07) is 8.34. The maximum atomic E-state index is 11.6. The molecule has 2 N–H and O–H groups in total. The van der Waals surface area contributed by atoms with E-state index < -0.39 is 0 Å². The molecule has 106 valence electrons. The lowest BCUT2D eigenvalue weighted by molar-refractivity contribution is 0.0607. The van der Waals surface area contributed by atoms with Gasteiger partial charge in [0.1, 0.15) is 4.88 Å². The molecule has 0 aliphatic heterocycles. The lowest BCUT2D eigenvalue weighted by atomic mass is 9.99. The first-order valence-corrected chi connectivity index (χ1v) is 7.45. The summed E-state index contributed by atoms with van der Waals surface area (Å²) in [4.78, 5) is 12.0. The molecule has 0 saturated carbocycles. The van der Waals surface area contributed by atoms with Gasteiger partial charge >= 0.3 is 5.97 Å². The largest absolute Gasteiger partial charge is 0.465 e. The van der Waals surface area contributed by atoms with E-state index in [0.29, 0.717) is 16.5 Å². The Morgan fingerprint density at radius 2 is 1.95 bits per heavy atom. The molecular weight excluding hydrogens is 270 g/mol. The molecule has 1 aromatic carbocycles. The van der Waals surface area contributed by atoms with Crippen molar-refractivity contribution in [2.24, 2.45) is 5.92 Å². The average Bonchev–Trinajstić information content (AvgIpc) is 2.80. The first kappa shape index (κ1) is 14.6. The number of hydrogen-bond acceptors (Lipinski definition) is 4. The quantitative estimate of drug-likeness (QED) is 0.866. The van der Waals surface area contributed by atoms with Crippen molar-refractivity contribution in [1.82, 2.24) is 0 Å². The van der Waals surface area contributed by atoms with Gasteiger partial charge in [0.15, 0.2) is 0 Å². The van der Waals surface area contributed by atoms with Crippen LogP contribution in [0.15, 0.2) is 29.6 Å². The van der Waals surface area contributed by atoms with Crippen LogP contribution in [-0.2, 0) is 11.2 Å². The minimum absolute atomic E-state index is 0.379. The molecule has 0 spiro atoms. The van der Waals surface area contributed by atoms with Crippen LogP contribution in [0.4, 0.5) is 5.69 Å². The number of methoxy groups -OCH3 is 1. The minimum atomic E-state index is -0.379. The van der Waals surface area contributed by atoms with E-state index in [4.69, 9.17) is 10.5 Å². The zero-order valence-corrected chi connectivity index (χ0v) is 12.8. The highest BCUT2D eigenvalue weighted by atomic mass is 32.1. The Balaban J connectivity index is 2.28. The van der Waals surface area contributed by atoms with Crippen molar-refractivity contribution in [2.75, 3.05) is 12.8 Å². The fourth-order valence-electron chi connectivity index (χ4n) is 2.13. The zero-order chi connectivity index (χ0) is 14.7. The van der Waals surface area contributed by atoms with Gasteiger partial charge in [-0.3, -0.25) is 0 Å². The van der Waals surface area contributed by atoms with Crippen molar-refractivity contribution in [2.45, 2.75) is 20.3 Å². The molecule has 0 saturated heterocycles. The number of hydrogen-bond donors (Lipinski definition) is 1. The fourth-order valence-corrected chi connectivity index (χ4v) is 3.05. The maximum Gasteiger partial charge on any atom is 0.350 e. The van der Waals surface area contributed by atoms with Gasteiger partial charge in [-0.15, -0.1) is 11.3 Å². The topological polar surface area (TPSA) is 52.3 Å². The van der Waals surface area contributed by atoms with Crippen molar-refractivity contribution < 1.29 is 9.53 Å². The van der Waals surface area contributed by atoms with Gasteiger partial charge in [-0.1, -0.05) is 38.1 Å². The van der Waals surface area contributed by atoms with Crippen molar-refractivity contribution in [1.29, 1.82) is 0 Å². The van der Waals surface area contributed by atoms with Gasteiger partial charge in [0.25, 0.3) is 0 Å². The molecule has 2 aromatic rings. The van der Waals surface area contributed by atoms with Gasteiger partial charge in [-0.25, -0.2) is 4.79 Å². The molecular formula is C16H19NO2S. The molecule has 1 aromatic heterocycles. The average molecular weight is 289 g/mol. The van der Waals surface area contributed by atoms with Gasteiger partial charge in [-0.05, 0) is 23.5 Å². The van der Waals surface area contributed by atoms with Crippen LogP contribution in [0.5, 0.6) is 0 Å². The number of esters is 1. The molecule has 0 aliphatic rings. The predicted molar refractivity (Wildman–Crippen MR) is 84.0 cm³/mol. The Hall–Kier alpha value is -1.81. The van der Waals surface area contributed by atoms with E-state index in [2.05, 4.69) is 38.1 Å². The number of nitrogens with two attached hydrogens (primary N) is 1. The molecule has 3 nitrogen and oxygen atoms in total. The van der Waals surface area contributed by atoms with E-state index in [1.54, 1.807) is 0 Å². The van der Waals surface area contributed by atoms with E-state index in [0.717, 1.165) is 17.5 Å². The second kappa shape index (κ2) is 6.09. The molecule has 0 bridgehead atoms. The van der Waals surface area contributed by atoms with E-state index in [9.17, 15) is 4.79 Å². The molecule has 0 aliphatic carbocycles. The first-order chi connectivity index (χ1) is 9.52. The number of anilines is 1.